The molecule has 0 unspecified atom stereocenters. The number of benzene rings is 6. The molecule has 2 heteroatoms. The second-order valence-corrected chi connectivity index (χ2v) is 13.7. The fourth-order valence-electron chi connectivity index (χ4n) is 8.42. The van der Waals surface area contributed by atoms with Crippen molar-refractivity contribution in [3.63, 3.8) is 0 Å². The molecule has 234 valence electrons. The highest BCUT2D eigenvalue weighted by atomic mass is 15.1. The minimum atomic E-state index is -0.129. The number of aromatic nitrogens is 1. The van der Waals surface area contributed by atoms with Crippen LogP contribution in [-0.4, -0.2) is 4.57 Å². The van der Waals surface area contributed by atoms with Crippen molar-refractivity contribution in [2.75, 3.05) is 4.90 Å². The highest BCUT2D eigenvalue weighted by Crippen LogP contribution is 2.53. The SMILES string of the molecule is C#C/C=C1\C(=C/C)C(C)(C)c2cc3c(cc21)-c1cc(-c2ccc4c(c2)c2ccccc2n4-c2ccccc2)ccc1N(c1ccccc1)C3. The van der Waals surface area contributed by atoms with Gasteiger partial charge in [0.25, 0.3) is 0 Å². The zero-order chi connectivity index (χ0) is 33.3. The highest BCUT2D eigenvalue weighted by Gasteiger charge is 2.39. The van der Waals surface area contributed by atoms with E-state index in [9.17, 15) is 0 Å². The number of terminal acetylenes is 1. The molecular formula is C47H36N2. The van der Waals surface area contributed by atoms with Gasteiger partial charge < -0.3 is 9.47 Å². The molecule has 49 heavy (non-hydrogen) atoms. The van der Waals surface area contributed by atoms with Gasteiger partial charge in [0.05, 0.1) is 11.0 Å². The first-order valence-corrected chi connectivity index (χ1v) is 17.0. The maximum atomic E-state index is 5.90. The summed E-state index contributed by atoms with van der Waals surface area (Å²) >= 11 is 0. The van der Waals surface area contributed by atoms with Gasteiger partial charge in [-0.1, -0.05) is 98.6 Å². The molecule has 2 nitrogen and oxygen atoms in total. The molecule has 1 aliphatic carbocycles. The first kappa shape index (κ1) is 29.1. The summed E-state index contributed by atoms with van der Waals surface area (Å²) < 4.78 is 2.37. The Hall–Kier alpha value is -6.04. The molecule has 9 rings (SSSR count). The molecule has 0 saturated heterocycles. The molecule has 0 saturated carbocycles. The zero-order valence-corrected chi connectivity index (χ0v) is 28.0. The average Bonchev–Trinajstić information content (AvgIpc) is 3.58. The van der Waals surface area contributed by atoms with E-state index in [1.807, 2.05) is 6.08 Å². The second kappa shape index (κ2) is 11.0. The summed E-state index contributed by atoms with van der Waals surface area (Å²) in [5, 5.41) is 2.51. The fraction of sp³-hybridized carbons (Fsp3) is 0.106. The number of nitrogens with zero attached hydrogens (tertiary/aromatic N) is 2. The Morgan fingerprint density at radius 2 is 1.33 bits per heavy atom. The first-order chi connectivity index (χ1) is 24.0. The van der Waals surface area contributed by atoms with Crippen molar-refractivity contribution in [2.45, 2.75) is 32.7 Å². The van der Waals surface area contributed by atoms with Gasteiger partial charge in [-0.3, -0.25) is 0 Å². The maximum absolute atomic E-state index is 5.90. The molecule has 0 fully saturated rings. The lowest BCUT2D eigenvalue weighted by Gasteiger charge is -2.34. The van der Waals surface area contributed by atoms with Crippen LogP contribution >= 0.6 is 0 Å². The minimum Gasteiger partial charge on any atom is -0.336 e. The van der Waals surface area contributed by atoms with Gasteiger partial charge in [0, 0.05) is 45.4 Å². The van der Waals surface area contributed by atoms with Crippen LogP contribution in [0.1, 0.15) is 37.5 Å². The Morgan fingerprint density at radius 1 is 0.653 bits per heavy atom. The van der Waals surface area contributed by atoms with Crippen LogP contribution < -0.4 is 4.90 Å². The minimum absolute atomic E-state index is 0.129. The summed E-state index contributed by atoms with van der Waals surface area (Å²) in [4.78, 5) is 2.46. The molecule has 1 aromatic heterocycles. The van der Waals surface area contributed by atoms with E-state index < -0.39 is 0 Å². The molecule has 0 atom stereocenters. The lowest BCUT2D eigenvalue weighted by molar-refractivity contribution is 0.658. The van der Waals surface area contributed by atoms with E-state index in [0.717, 1.165) is 12.1 Å². The number of fused-ring (bicyclic) bond motifs is 7. The normalized spacial score (nSPS) is 16.2. The third-order valence-corrected chi connectivity index (χ3v) is 10.7. The molecule has 7 aromatic rings. The Labute approximate surface area is 288 Å². The number of allylic oxidation sites excluding steroid dienone is 4. The van der Waals surface area contributed by atoms with Crippen molar-refractivity contribution in [1.82, 2.24) is 4.57 Å². The molecular weight excluding hydrogens is 593 g/mol. The summed E-state index contributed by atoms with van der Waals surface area (Å²) in [5.41, 5.74) is 17.2. The summed E-state index contributed by atoms with van der Waals surface area (Å²) in [7, 11) is 0. The number of hydrogen-bond acceptors (Lipinski definition) is 1. The van der Waals surface area contributed by atoms with Crippen molar-refractivity contribution in [3.8, 4) is 40.3 Å². The Bertz CT molecular complexity index is 2550. The number of para-hydroxylation sites is 3. The standard InChI is InChI=1S/C47H36N2/c1-5-15-36-39-29-38-33(28-43(39)47(3,4)42(36)6-2)30-48(34-16-9-7-10-17-34)44-24-22-31(27-41(38)44)32-23-25-46-40(26-32)37-20-13-14-21-45(37)49(46)35-18-11-8-12-19-35/h1,6-29H,30H2,2-4H3/b36-15-,42-6+. The van der Waals surface area contributed by atoms with Gasteiger partial charge in [-0.05, 0) is 118 Å². The van der Waals surface area contributed by atoms with E-state index in [4.69, 9.17) is 6.42 Å². The van der Waals surface area contributed by atoms with Gasteiger partial charge in [0.2, 0.25) is 0 Å². The smallest absolute Gasteiger partial charge is 0.0541 e. The van der Waals surface area contributed by atoms with Crippen molar-refractivity contribution in [2.24, 2.45) is 0 Å². The van der Waals surface area contributed by atoms with Crippen LogP contribution in [0.3, 0.4) is 0 Å². The zero-order valence-electron chi connectivity index (χ0n) is 28.0. The molecule has 0 N–H and O–H groups in total. The van der Waals surface area contributed by atoms with Gasteiger partial charge in [-0.25, -0.2) is 0 Å². The van der Waals surface area contributed by atoms with Gasteiger partial charge in [-0.2, -0.15) is 0 Å². The molecule has 6 aromatic carbocycles. The molecule has 0 spiro atoms. The van der Waals surface area contributed by atoms with Gasteiger partial charge >= 0.3 is 0 Å². The second-order valence-electron chi connectivity index (χ2n) is 13.7. The number of anilines is 2. The van der Waals surface area contributed by atoms with E-state index in [-0.39, 0.29) is 5.41 Å². The van der Waals surface area contributed by atoms with Crippen LogP contribution in [0.25, 0.3) is 55.3 Å². The lowest BCUT2D eigenvalue weighted by Crippen LogP contribution is -2.23. The predicted octanol–water partition coefficient (Wildman–Crippen LogP) is 12.0. The van der Waals surface area contributed by atoms with Gasteiger partial charge in [-0.15, -0.1) is 6.42 Å². The summed E-state index contributed by atoms with van der Waals surface area (Å²) in [6.45, 7) is 7.57. The Kier molecular flexibility index (Phi) is 6.54. The molecule has 2 heterocycles. The third kappa shape index (κ3) is 4.36. The maximum Gasteiger partial charge on any atom is 0.0541 e. The fourth-order valence-corrected chi connectivity index (χ4v) is 8.42. The van der Waals surface area contributed by atoms with E-state index in [1.54, 1.807) is 0 Å². The number of hydrogen-bond donors (Lipinski definition) is 0. The van der Waals surface area contributed by atoms with Crippen molar-refractivity contribution < 1.29 is 0 Å². The summed E-state index contributed by atoms with van der Waals surface area (Å²) in [6.07, 6.45) is 10.1. The molecule has 2 aliphatic rings. The van der Waals surface area contributed by atoms with Gasteiger partial charge in [0.1, 0.15) is 0 Å². The van der Waals surface area contributed by atoms with Crippen LogP contribution in [-0.2, 0) is 12.0 Å². The number of rotatable bonds is 3. The van der Waals surface area contributed by atoms with E-state index in [0.29, 0.717) is 0 Å². The average molecular weight is 629 g/mol. The van der Waals surface area contributed by atoms with E-state index >= 15 is 0 Å². The van der Waals surface area contributed by atoms with Crippen LogP contribution in [0.5, 0.6) is 0 Å². The quantitative estimate of drug-likeness (QED) is 0.177. The van der Waals surface area contributed by atoms with Gasteiger partial charge in [0.15, 0.2) is 0 Å². The van der Waals surface area contributed by atoms with E-state index in [1.165, 1.54) is 83.4 Å². The Balaban J connectivity index is 1.26. The topological polar surface area (TPSA) is 8.17 Å². The highest BCUT2D eigenvalue weighted by molar-refractivity contribution is 6.10. The van der Waals surface area contributed by atoms with Crippen molar-refractivity contribution in [1.29, 1.82) is 0 Å². The molecule has 0 radical (unpaired) electrons. The third-order valence-electron chi connectivity index (χ3n) is 10.7. The molecule has 0 bridgehead atoms. The Morgan fingerprint density at radius 3 is 2.08 bits per heavy atom. The van der Waals surface area contributed by atoms with Crippen molar-refractivity contribution >= 4 is 38.8 Å². The predicted molar refractivity (Wildman–Crippen MR) is 208 cm³/mol. The molecule has 0 amide bonds. The monoisotopic (exact) mass is 628 g/mol. The van der Waals surface area contributed by atoms with Crippen LogP contribution in [0.4, 0.5) is 11.4 Å². The van der Waals surface area contributed by atoms with Crippen LogP contribution in [0.15, 0.2) is 151 Å². The first-order valence-electron chi connectivity index (χ1n) is 17.0. The lowest BCUT2D eigenvalue weighted by atomic mass is 9.80. The largest absolute Gasteiger partial charge is 0.336 e. The van der Waals surface area contributed by atoms with Crippen LogP contribution in [0.2, 0.25) is 0 Å². The van der Waals surface area contributed by atoms with Crippen LogP contribution in [0, 0.1) is 12.3 Å². The summed E-state index contributed by atoms with van der Waals surface area (Å²) in [5.74, 6) is 2.84. The van der Waals surface area contributed by atoms with E-state index in [2.05, 4.69) is 176 Å². The van der Waals surface area contributed by atoms with Crippen molar-refractivity contribution in [3.05, 3.63) is 168 Å². The molecule has 1 aliphatic heterocycles. The summed E-state index contributed by atoms with van der Waals surface area (Å²) in [6, 6.07) is 48.9.